The number of aliphatic hydroxyl groups excluding tert-OH is 1. The molecule has 0 radical (unpaired) electrons. The Morgan fingerprint density at radius 1 is 1.00 bits per heavy atom. The third kappa shape index (κ3) is 2.50. The number of carboxylic acid groups (broad SMARTS) is 2. The van der Waals surface area contributed by atoms with E-state index >= 15 is 0 Å². The fourth-order valence-electron chi connectivity index (χ4n) is 0.725. The van der Waals surface area contributed by atoms with Crippen LogP contribution in [0.5, 0.6) is 0 Å². The van der Waals surface area contributed by atoms with Crippen molar-refractivity contribution in [1.82, 2.24) is 0 Å². The van der Waals surface area contributed by atoms with Crippen molar-refractivity contribution in [2.75, 3.05) is 0 Å². The molecule has 0 aromatic rings. The molecule has 0 aliphatic heterocycles. The molecule has 0 aromatic heterocycles. The molecule has 0 amide bonds. The monoisotopic (exact) mass is 176 g/mol. The highest BCUT2D eigenvalue weighted by Gasteiger charge is 2.30. The van der Waals surface area contributed by atoms with Crippen LogP contribution in [-0.2, 0) is 9.59 Å². The van der Waals surface area contributed by atoms with E-state index in [1.807, 2.05) is 0 Å². The van der Waals surface area contributed by atoms with Crippen molar-refractivity contribution in [1.29, 1.82) is 0 Å². The van der Waals surface area contributed by atoms with Crippen molar-refractivity contribution in [2.24, 2.45) is 11.8 Å². The second-order valence-electron chi connectivity index (χ2n) is 2.74. The van der Waals surface area contributed by atoms with Crippen LogP contribution in [0.4, 0.5) is 0 Å². The topological polar surface area (TPSA) is 94.8 Å². The summed E-state index contributed by atoms with van der Waals surface area (Å²) in [5, 5.41) is 26.0. The summed E-state index contributed by atoms with van der Waals surface area (Å²) in [7, 11) is 0. The molecule has 12 heavy (non-hydrogen) atoms. The van der Waals surface area contributed by atoms with Crippen LogP contribution < -0.4 is 0 Å². The molecule has 0 aromatic carbocycles. The van der Waals surface area contributed by atoms with Gasteiger partial charge in [-0.2, -0.15) is 0 Å². The molecule has 0 fully saturated rings. The van der Waals surface area contributed by atoms with E-state index in [2.05, 4.69) is 0 Å². The maximum absolute atomic E-state index is 10.3. The van der Waals surface area contributed by atoms with Gasteiger partial charge in [0.25, 0.3) is 0 Å². The number of rotatable bonds is 4. The molecule has 1 unspecified atom stereocenters. The lowest BCUT2D eigenvalue weighted by molar-refractivity contribution is -0.152. The van der Waals surface area contributed by atoms with Crippen LogP contribution >= 0.6 is 0 Å². The molecule has 0 saturated carbocycles. The molecule has 5 heteroatoms. The molecule has 0 heterocycles. The molecule has 0 aliphatic rings. The zero-order valence-electron chi connectivity index (χ0n) is 6.89. The van der Waals surface area contributed by atoms with Gasteiger partial charge in [-0.05, 0) is 13.8 Å². The van der Waals surface area contributed by atoms with Gasteiger partial charge in [0.2, 0.25) is 0 Å². The first-order valence-corrected chi connectivity index (χ1v) is 3.51. The van der Waals surface area contributed by atoms with Gasteiger partial charge in [-0.3, -0.25) is 9.59 Å². The normalized spacial score (nSPS) is 17.9. The van der Waals surface area contributed by atoms with E-state index < -0.39 is 29.9 Å². The van der Waals surface area contributed by atoms with Crippen LogP contribution in [0.1, 0.15) is 13.8 Å². The Morgan fingerprint density at radius 2 is 1.25 bits per heavy atom. The average molecular weight is 176 g/mol. The number of aliphatic carboxylic acids is 2. The molecular weight excluding hydrogens is 164 g/mol. The van der Waals surface area contributed by atoms with Crippen LogP contribution in [-0.4, -0.2) is 33.4 Å². The van der Waals surface area contributed by atoms with Crippen LogP contribution in [0.25, 0.3) is 0 Å². The summed E-state index contributed by atoms with van der Waals surface area (Å²) in [5.74, 6) is -4.52. The van der Waals surface area contributed by atoms with Gasteiger partial charge < -0.3 is 15.3 Å². The molecule has 0 bridgehead atoms. The maximum Gasteiger partial charge on any atom is 0.308 e. The van der Waals surface area contributed by atoms with E-state index in [0.29, 0.717) is 0 Å². The predicted molar refractivity (Wildman–Crippen MR) is 39.6 cm³/mol. The third-order valence-electron chi connectivity index (χ3n) is 1.80. The Labute approximate surface area is 69.6 Å². The second kappa shape index (κ2) is 4.06. The summed E-state index contributed by atoms with van der Waals surface area (Å²) in [6.45, 7) is 2.54. The minimum atomic E-state index is -1.35. The van der Waals surface area contributed by atoms with Crippen LogP contribution in [0.15, 0.2) is 0 Å². The molecule has 3 N–H and O–H groups in total. The van der Waals surface area contributed by atoms with Gasteiger partial charge in [0, 0.05) is 0 Å². The van der Waals surface area contributed by atoms with Gasteiger partial charge in [0.05, 0.1) is 17.9 Å². The Bertz CT molecular complexity index is 168. The van der Waals surface area contributed by atoms with Crippen molar-refractivity contribution in [3.8, 4) is 0 Å². The highest BCUT2D eigenvalue weighted by Crippen LogP contribution is 2.13. The lowest BCUT2D eigenvalue weighted by atomic mass is 9.94. The van der Waals surface area contributed by atoms with Crippen molar-refractivity contribution < 1.29 is 24.9 Å². The van der Waals surface area contributed by atoms with Gasteiger partial charge in [-0.15, -0.1) is 0 Å². The van der Waals surface area contributed by atoms with E-state index in [4.69, 9.17) is 15.3 Å². The predicted octanol–water partition coefficient (Wildman–Crippen LogP) is -0.211. The molecule has 0 rings (SSSR count). The van der Waals surface area contributed by atoms with E-state index in [1.165, 1.54) is 13.8 Å². The molecular formula is C7H12O5. The van der Waals surface area contributed by atoms with Crippen LogP contribution in [0.2, 0.25) is 0 Å². The van der Waals surface area contributed by atoms with Gasteiger partial charge in [-0.25, -0.2) is 0 Å². The SMILES string of the molecule is C[C@H](C(=O)O)C(O)[C@@H](C)C(=O)O. The maximum atomic E-state index is 10.3. The van der Waals surface area contributed by atoms with Gasteiger partial charge in [-0.1, -0.05) is 0 Å². The minimum Gasteiger partial charge on any atom is -0.481 e. The Kier molecular flexibility index (Phi) is 3.69. The van der Waals surface area contributed by atoms with Crippen molar-refractivity contribution in [3.63, 3.8) is 0 Å². The molecule has 3 atom stereocenters. The van der Waals surface area contributed by atoms with Crippen LogP contribution in [0.3, 0.4) is 0 Å². The first kappa shape index (κ1) is 10.9. The number of carbonyl (C=O) groups is 2. The van der Waals surface area contributed by atoms with Crippen molar-refractivity contribution >= 4 is 11.9 Å². The van der Waals surface area contributed by atoms with E-state index in [9.17, 15) is 9.59 Å². The Morgan fingerprint density at radius 3 is 1.42 bits per heavy atom. The van der Waals surface area contributed by atoms with Crippen LogP contribution in [0, 0.1) is 11.8 Å². The molecule has 70 valence electrons. The summed E-state index contributed by atoms with van der Waals surface area (Å²) in [6.07, 6.45) is -1.35. The third-order valence-corrected chi connectivity index (χ3v) is 1.80. The Hall–Kier alpha value is -1.10. The summed E-state index contributed by atoms with van der Waals surface area (Å²) < 4.78 is 0. The largest absolute Gasteiger partial charge is 0.481 e. The average Bonchev–Trinajstić information content (AvgIpc) is 2.00. The summed E-state index contributed by atoms with van der Waals surface area (Å²) >= 11 is 0. The van der Waals surface area contributed by atoms with Crippen molar-refractivity contribution in [2.45, 2.75) is 20.0 Å². The highest BCUT2D eigenvalue weighted by atomic mass is 16.4. The summed E-state index contributed by atoms with van der Waals surface area (Å²) in [4.78, 5) is 20.6. The number of aliphatic hydroxyl groups is 1. The van der Waals surface area contributed by atoms with Crippen molar-refractivity contribution in [3.05, 3.63) is 0 Å². The molecule has 5 nitrogen and oxygen atoms in total. The zero-order valence-corrected chi connectivity index (χ0v) is 6.89. The molecule has 0 saturated heterocycles. The van der Waals surface area contributed by atoms with E-state index in [1.54, 1.807) is 0 Å². The first-order chi connectivity index (χ1) is 5.37. The summed E-state index contributed by atoms with van der Waals surface area (Å²) in [5.41, 5.74) is 0. The standard InChI is InChI=1S/C7H12O5/c1-3(6(9)10)5(8)4(2)7(11)12/h3-5,8H,1-2H3,(H,9,10)(H,11,12)/t3-,4+,5?. The highest BCUT2D eigenvalue weighted by molar-refractivity contribution is 5.74. The molecule has 0 spiro atoms. The van der Waals surface area contributed by atoms with Gasteiger partial charge in [0.1, 0.15) is 0 Å². The summed E-state index contributed by atoms with van der Waals surface area (Å²) in [6, 6.07) is 0. The second-order valence-corrected chi connectivity index (χ2v) is 2.74. The zero-order chi connectivity index (χ0) is 9.89. The number of carboxylic acids is 2. The van der Waals surface area contributed by atoms with Gasteiger partial charge in [0.15, 0.2) is 0 Å². The lowest BCUT2D eigenvalue weighted by Gasteiger charge is -2.18. The lowest BCUT2D eigenvalue weighted by Crippen LogP contribution is -2.35. The van der Waals surface area contributed by atoms with E-state index in [0.717, 1.165) is 0 Å². The van der Waals surface area contributed by atoms with E-state index in [-0.39, 0.29) is 0 Å². The smallest absolute Gasteiger partial charge is 0.308 e. The quantitative estimate of drug-likeness (QED) is 0.550. The first-order valence-electron chi connectivity index (χ1n) is 3.51. The van der Waals surface area contributed by atoms with Gasteiger partial charge >= 0.3 is 11.9 Å². The number of hydrogen-bond donors (Lipinski definition) is 3. The fraction of sp³-hybridized carbons (Fsp3) is 0.714. The minimum absolute atomic E-state index is 1.06. The number of hydrogen-bond acceptors (Lipinski definition) is 3. The Balaban J connectivity index is 4.28. The fourth-order valence-corrected chi connectivity index (χ4v) is 0.725. The molecule has 0 aliphatic carbocycles.